The Kier molecular flexibility index (Phi) is 6.20. The fraction of sp³-hybridized carbons (Fsp3) is 0.0588. The Morgan fingerprint density at radius 3 is 1.90 bits per heavy atom. The van der Waals surface area contributed by atoms with E-state index >= 15 is 0 Å². The summed E-state index contributed by atoms with van der Waals surface area (Å²) in [5.74, 6) is -0.533. The molecule has 3 rings (SSSR count). The number of alkyl halides is 3. The van der Waals surface area contributed by atoms with Crippen molar-refractivity contribution in [2.24, 2.45) is 0 Å². The quantitative estimate of drug-likeness (QED) is 0.308. The largest absolute Gasteiger partial charge is 0.417 e. The fourth-order valence-electron chi connectivity index (χ4n) is 2.40. The molecular weight excluding hydrogens is 470 g/mol. The van der Waals surface area contributed by atoms with Gasteiger partial charge in [-0.3, -0.25) is 10.1 Å². The normalized spacial score (nSPS) is 11.3. The highest BCUT2D eigenvalue weighted by Gasteiger charge is 2.33. The molecule has 30 heavy (non-hydrogen) atoms. The molecular formula is C17H9Cl3F3N5O2. The van der Waals surface area contributed by atoms with Crippen molar-refractivity contribution in [3.8, 4) is 0 Å². The molecule has 3 aromatic rings. The molecule has 0 unspecified atom stereocenters. The summed E-state index contributed by atoms with van der Waals surface area (Å²) in [6.45, 7) is 0. The number of halogens is 6. The second-order valence-electron chi connectivity index (χ2n) is 5.75. The van der Waals surface area contributed by atoms with E-state index in [9.17, 15) is 23.3 Å². The average Bonchev–Trinajstić information content (AvgIpc) is 2.65. The van der Waals surface area contributed by atoms with Gasteiger partial charge in [-0.05, 0) is 36.4 Å². The topological polar surface area (TPSA) is 93.0 Å². The second kappa shape index (κ2) is 8.50. The minimum absolute atomic E-state index is 0.103. The predicted molar refractivity (Wildman–Crippen MR) is 108 cm³/mol. The van der Waals surface area contributed by atoms with Gasteiger partial charge >= 0.3 is 11.9 Å². The zero-order valence-electron chi connectivity index (χ0n) is 14.5. The van der Waals surface area contributed by atoms with Gasteiger partial charge < -0.3 is 10.6 Å². The summed E-state index contributed by atoms with van der Waals surface area (Å²) in [5, 5.41) is 16.8. The van der Waals surface area contributed by atoms with Crippen molar-refractivity contribution in [1.29, 1.82) is 0 Å². The summed E-state index contributed by atoms with van der Waals surface area (Å²) >= 11 is 17.4. The van der Waals surface area contributed by atoms with Gasteiger partial charge in [-0.2, -0.15) is 13.2 Å². The summed E-state index contributed by atoms with van der Waals surface area (Å²) in [6.07, 6.45) is -3.69. The summed E-state index contributed by atoms with van der Waals surface area (Å²) < 4.78 is 39.2. The smallest absolute Gasteiger partial charge is 0.334 e. The SMILES string of the molecule is O=[N+]([O-])c1c(Nc2ccc(Cl)c(Cl)c2)ncnc1Nc1ccc(Cl)c(C(F)(F)F)c1. The number of rotatable bonds is 5. The lowest BCUT2D eigenvalue weighted by atomic mass is 10.2. The van der Waals surface area contributed by atoms with Gasteiger partial charge in [0.25, 0.3) is 0 Å². The van der Waals surface area contributed by atoms with Crippen molar-refractivity contribution < 1.29 is 18.1 Å². The molecule has 156 valence electrons. The molecule has 2 N–H and O–H groups in total. The van der Waals surface area contributed by atoms with Crippen LogP contribution in [0.25, 0.3) is 0 Å². The van der Waals surface area contributed by atoms with Crippen molar-refractivity contribution in [3.63, 3.8) is 0 Å². The number of hydrogen-bond donors (Lipinski definition) is 2. The van der Waals surface area contributed by atoms with Crippen LogP contribution in [0.15, 0.2) is 42.7 Å². The number of aromatic nitrogens is 2. The Hall–Kier alpha value is -2.82. The molecule has 1 aromatic heterocycles. The van der Waals surface area contributed by atoms with Gasteiger partial charge in [-0.1, -0.05) is 34.8 Å². The molecule has 0 bridgehead atoms. The molecule has 0 aliphatic carbocycles. The zero-order chi connectivity index (χ0) is 22.1. The average molecular weight is 479 g/mol. The summed E-state index contributed by atoms with van der Waals surface area (Å²) in [7, 11) is 0. The Balaban J connectivity index is 1.99. The Morgan fingerprint density at radius 2 is 1.40 bits per heavy atom. The standard InChI is InChI=1S/C17H9Cl3F3N5O2/c18-11-3-1-8(5-10(11)17(21,22)23)26-15-14(28(29)30)16(25-7-24-15)27-9-2-4-12(19)13(20)6-9/h1-7H,(H2,24,25,26,27). The first-order valence-electron chi connectivity index (χ1n) is 7.91. The maximum atomic E-state index is 13.1. The minimum Gasteiger partial charge on any atom is -0.334 e. The molecule has 13 heteroatoms. The highest BCUT2D eigenvalue weighted by molar-refractivity contribution is 6.42. The molecule has 0 aliphatic rings. The number of benzene rings is 2. The lowest BCUT2D eigenvalue weighted by Gasteiger charge is -2.13. The van der Waals surface area contributed by atoms with E-state index in [0.29, 0.717) is 5.69 Å². The minimum atomic E-state index is -4.70. The van der Waals surface area contributed by atoms with E-state index in [0.717, 1.165) is 18.5 Å². The number of nitro groups is 1. The van der Waals surface area contributed by atoms with Crippen molar-refractivity contribution in [1.82, 2.24) is 9.97 Å². The maximum absolute atomic E-state index is 13.1. The molecule has 0 saturated heterocycles. The van der Waals surface area contributed by atoms with E-state index in [4.69, 9.17) is 34.8 Å². The van der Waals surface area contributed by atoms with E-state index in [1.807, 2.05) is 0 Å². The highest BCUT2D eigenvalue weighted by Crippen LogP contribution is 2.38. The fourth-order valence-corrected chi connectivity index (χ4v) is 2.93. The van der Waals surface area contributed by atoms with Crippen molar-refractivity contribution in [2.45, 2.75) is 6.18 Å². The van der Waals surface area contributed by atoms with Crippen LogP contribution in [0.5, 0.6) is 0 Å². The van der Waals surface area contributed by atoms with E-state index in [1.165, 1.54) is 24.3 Å². The Labute approximate surface area is 182 Å². The van der Waals surface area contributed by atoms with Crippen LogP contribution < -0.4 is 10.6 Å². The van der Waals surface area contributed by atoms with Crippen molar-refractivity contribution in [3.05, 3.63) is 73.5 Å². The molecule has 0 aliphatic heterocycles. The summed E-state index contributed by atoms with van der Waals surface area (Å²) in [4.78, 5) is 18.5. The third kappa shape index (κ3) is 4.84. The first-order valence-corrected chi connectivity index (χ1v) is 9.05. The van der Waals surface area contributed by atoms with Crippen LogP contribution in [0.3, 0.4) is 0 Å². The molecule has 1 heterocycles. The molecule has 0 atom stereocenters. The van der Waals surface area contributed by atoms with E-state index in [1.54, 1.807) is 0 Å². The number of anilines is 4. The zero-order valence-corrected chi connectivity index (χ0v) is 16.7. The van der Waals surface area contributed by atoms with Crippen LogP contribution in [0, 0.1) is 10.1 Å². The van der Waals surface area contributed by atoms with Crippen molar-refractivity contribution >= 4 is 63.5 Å². The molecule has 2 aromatic carbocycles. The Bertz CT molecular complexity index is 1130. The van der Waals surface area contributed by atoms with Crippen LogP contribution in [0.4, 0.5) is 41.9 Å². The molecule has 7 nitrogen and oxygen atoms in total. The number of nitrogens with one attached hydrogen (secondary N) is 2. The van der Waals surface area contributed by atoms with Crippen molar-refractivity contribution in [2.75, 3.05) is 10.6 Å². The first kappa shape index (κ1) is 21.9. The van der Waals surface area contributed by atoms with Gasteiger partial charge in [0.2, 0.25) is 11.6 Å². The molecule has 0 radical (unpaired) electrons. The predicted octanol–water partition coefficient (Wildman–Crippen LogP) is 6.85. The van der Waals surface area contributed by atoms with E-state index in [2.05, 4.69) is 20.6 Å². The number of hydrogen-bond acceptors (Lipinski definition) is 6. The summed E-state index contributed by atoms with van der Waals surface area (Å²) in [5.41, 5.74) is -1.44. The molecule has 0 fully saturated rings. The highest BCUT2D eigenvalue weighted by atomic mass is 35.5. The lowest BCUT2D eigenvalue weighted by molar-refractivity contribution is -0.383. The lowest BCUT2D eigenvalue weighted by Crippen LogP contribution is -2.08. The van der Waals surface area contributed by atoms with E-state index in [-0.39, 0.29) is 27.4 Å². The Morgan fingerprint density at radius 1 is 0.867 bits per heavy atom. The second-order valence-corrected chi connectivity index (χ2v) is 6.97. The summed E-state index contributed by atoms with van der Waals surface area (Å²) in [6, 6.07) is 7.40. The van der Waals surface area contributed by atoms with Crippen LogP contribution in [-0.2, 0) is 6.18 Å². The van der Waals surface area contributed by atoms with Gasteiger partial charge in [0, 0.05) is 11.4 Å². The molecule has 0 amide bonds. The molecule has 0 spiro atoms. The van der Waals surface area contributed by atoms with Gasteiger partial charge in [0.15, 0.2) is 0 Å². The third-order valence-electron chi connectivity index (χ3n) is 3.72. The van der Waals surface area contributed by atoms with Gasteiger partial charge in [-0.15, -0.1) is 0 Å². The van der Waals surface area contributed by atoms with Crippen LogP contribution in [0.1, 0.15) is 5.56 Å². The van der Waals surface area contributed by atoms with Gasteiger partial charge in [-0.25, -0.2) is 9.97 Å². The van der Waals surface area contributed by atoms with Crippen LogP contribution >= 0.6 is 34.8 Å². The van der Waals surface area contributed by atoms with Gasteiger partial charge in [0.1, 0.15) is 6.33 Å². The maximum Gasteiger partial charge on any atom is 0.417 e. The van der Waals surface area contributed by atoms with Gasteiger partial charge in [0.05, 0.1) is 25.6 Å². The van der Waals surface area contributed by atoms with E-state index < -0.39 is 27.4 Å². The monoisotopic (exact) mass is 477 g/mol. The molecule has 0 saturated carbocycles. The third-order valence-corrected chi connectivity index (χ3v) is 4.79. The first-order chi connectivity index (χ1) is 14.1. The van der Waals surface area contributed by atoms with Crippen LogP contribution in [0.2, 0.25) is 15.1 Å². The number of nitrogens with zero attached hydrogens (tertiary/aromatic N) is 3. The van der Waals surface area contributed by atoms with Crippen LogP contribution in [-0.4, -0.2) is 14.9 Å².